The minimum Gasteiger partial charge on any atom is -0.741 e. The molecule has 0 aliphatic carbocycles. The van der Waals surface area contributed by atoms with Gasteiger partial charge in [0.05, 0.1) is 16.8 Å². The van der Waals surface area contributed by atoms with Crippen LogP contribution >= 0.6 is 34.8 Å². The summed E-state index contributed by atoms with van der Waals surface area (Å²) < 4.78 is 0. The highest BCUT2D eigenvalue weighted by Crippen LogP contribution is 2.42. The number of piperidine rings is 1. The number of rotatable bonds is 4. The SMILES string of the molecule is C[C@@H]1C(C(=O)N([O-])N2CCCCC2)=NN(c2ccc(Cl)cc2Cl)[C@@H]1c1ccc(Cl)cc1. The largest absolute Gasteiger partial charge is 0.741 e. The molecule has 0 saturated carbocycles. The number of hydrazone groups is 1. The van der Waals surface area contributed by atoms with Gasteiger partial charge in [-0.2, -0.15) is 5.10 Å². The Morgan fingerprint density at radius 2 is 1.68 bits per heavy atom. The summed E-state index contributed by atoms with van der Waals surface area (Å²) in [5, 5.41) is 22.6. The minimum atomic E-state index is -0.638. The number of carbonyl (C=O) groups is 1. The number of halogens is 3. The maximum atomic E-state index is 13.1. The van der Waals surface area contributed by atoms with Gasteiger partial charge in [-0.3, -0.25) is 9.80 Å². The predicted octanol–water partition coefficient (Wildman–Crippen LogP) is 5.93. The number of hydrogen-bond acceptors (Lipinski definition) is 5. The van der Waals surface area contributed by atoms with Gasteiger partial charge in [-0.05, 0) is 48.7 Å². The Kier molecular flexibility index (Phi) is 6.74. The fourth-order valence-corrected chi connectivity index (χ4v) is 4.74. The molecule has 0 aromatic heterocycles. The van der Waals surface area contributed by atoms with Gasteiger partial charge >= 0.3 is 0 Å². The van der Waals surface area contributed by atoms with Crippen LogP contribution < -0.4 is 5.01 Å². The van der Waals surface area contributed by atoms with Crippen LogP contribution in [0.4, 0.5) is 5.69 Å². The first-order valence-electron chi connectivity index (χ1n) is 10.2. The third-order valence-electron chi connectivity index (χ3n) is 5.73. The number of anilines is 1. The van der Waals surface area contributed by atoms with Gasteiger partial charge in [-0.15, -0.1) is 0 Å². The Labute approximate surface area is 196 Å². The Bertz CT molecular complexity index is 993. The molecular formula is C22H22Cl3N4O2-. The number of benzene rings is 2. The molecule has 2 aliphatic heterocycles. The van der Waals surface area contributed by atoms with Gasteiger partial charge in [-0.1, -0.05) is 60.3 Å². The summed E-state index contributed by atoms with van der Waals surface area (Å²) in [6.07, 6.45) is 2.86. The van der Waals surface area contributed by atoms with Crippen LogP contribution in [0, 0.1) is 11.1 Å². The molecule has 2 atom stereocenters. The van der Waals surface area contributed by atoms with Gasteiger partial charge in [0.1, 0.15) is 5.71 Å². The van der Waals surface area contributed by atoms with E-state index in [9.17, 15) is 10.0 Å². The fourth-order valence-electron chi connectivity index (χ4n) is 4.11. The van der Waals surface area contributed by atoms with Gasteiger partial charge in [0, 0.05) is 29.1 Å². The van der Waals surface area contributed by atoms with Crippen LogP contribution in [0.1, 0.15) is 37.8 Å². The second kappa shape index (κ2) is 9.35. The van der Waals surface area contributed by atoms with E-state index in [4.69, 9.17) is 34.8 Å². The number of carbonyl (C=O) groups excluding carboxylic acids is 1. The normalized spacial score (nSPS) is 21.8. The number of amides is 1. The van der Waals surface area contributed by atoms with Crippen LogP contribution in [0.25, 0.3) is 0 Å². The van der Waals surface area contributed by atoms with Crippen molar-refractivity contribution >= 4 is 52.1 Å². The first kappa shape index (κ1) is 22.4. The molecule has 164 valence electrons. The first-order chi connectivity index (χ1) is 14.9. The highest BCUT2D eigenvalue weighted by molar-refractivity contribution is 6.41. The highest BCUT2D eigenvalue weighted by atomic mass is 35.5. The van der Waals surface area contributed by atoms with Crippen molar-refractivity contribution in [3.8, 4) is 0 Å². The van der Waals surface area contributed by atoms with Crippen LogP contribution in [-0.4, -0.2) is 34.9 Å². The molecule has 1 amide bonds. The van der Waals surface area contributed by atoms with Crippen molar-refractivity contribution in [3.63, 3.8) is 0 Å². The van der Waals surface area contributed by atoms with Crippen molar-refractivity contribution in [1.82, 2.24) is 10.2 Å². The van der Waals surface area contributed by atoms with Crippen molar-refractivity contribution in [2.75, 3.05) is 18.1 Å². The van der Waals surface area contributed by atoms with Gasteiger partial charge < -0.3 is 10.4 Å². The standard InChI is InChI=1S/C22H22Cl3N4O2/c1-14-20(22(30)29(31)27-11-3-2-4-12-27)26-28(19-10-9-17(24)13-18(19)25)21(14)15-5-7-16(23)8-6-15/h5-10,13-14,21H,2-4,11-12H2,1H3/q-1/t14-,21+/m1/s1. The lowest BCUT2D eigenvalue weighted by Crippen LogP contribution is -2.48. The van der Waals surface area contributed by atoms with Crippen LogP contribution in [0.2, 0.25) is 15.1 Å². The fraction of sp³-hybridized carbons (Fsp3) is 0.364. The maximum Gasteiger partial charge on any atom is 0.274 e. The highest BCUT2D eigenvalue weighted by Gasteiger charge is 2.41. The zero-order valence-electron chi connectivity index (χ0n) is 17.0. The molecule has 0 radical (unpaired) electrons. The summed E-state index contributed by atoms with van der Waals surface area (Å²) in [4.78, 5) is 13.1. The number of hydrogen-bond donors (Lipinski definition) is 0. The van der Waals surface area contributed by atoms with Crippen molar-refractivity contribution in [1.29, 1.82) is 0 Å². The van der Waals surface area contributed by atoms with Crippen molar-refractivity contribution in [2.45, 2.75) is 32.2 Å². The summed E-state index contributed by atoms with van der Waals surface area (Å²) in [5.74, 6) is -0.984. The molecule has 2 heterocycles. The number of hydroxylamine groups is 1. The molecule has 0 bridgehead atoms. The van der Waals surface area contributed by atoms with E-state index in [1.54, 1.807) is 40.3 Å². The van der Waals surface area contributed by atoms with E-state index in [-0.39, 0.29) is 17.7 Å². The topological polar surface area (TPSA) is 62.2 Å². The molecule has 4 rings (SSSR count). The van der Waals surface area contributed by atoms with Crippen molar-refractivity contribution in [3.05, 3.63) is 68.3 Å². The van der Waals surface area contributed by atoms with Crippen LogP contribution in [-0.2, 0) is 4.79 Å². The molecule has 1 fully saturated rings. The van der Waals surface area contributed by atoms with Crippen LogP contribution in [0.5, 0.6) is 0 Å². The molecule has 9 heteroatoms. The quantitative estimate of drug-likeness (QED) is 0.509. The predicted molar refractivity (Wildman–Crippen MR) is 125 cm³/mol. The third-order valence-corrected chi connectivity index (χ3v) is 6.52. The van der Waals surface area contributed by atoms with E-state index >= 15 is 0 Å². The third kappa shape index (κ3) is 4.54. The van der Waals surface area contributed by atoms with Crippen LogP contribution in [0.3, 0.4) is 0 Å². The summed E-state index contributed by atoms with van der Waals surface area (Å²) in [6.45, 7) is 3.04. The van der Waals surface area contributed by atoms with E-state index in [1.165, 1.54) is 0 Å². The average molecular weight is 481 g/mol. The summed E-state index contributed by atoms with van der Waals surface area (Å²) in [7, 11) is 0. The number of hydrazine groups is 1. The zero-order valence-corrected chi connectivity index (χ0v) is 19.2. The Hall–Kier alpha value is -1.83. The van der Waals surface area contributed by atoms with Gasteiger partial charge in [0.2, 0.25) is 0 Å². The smallest absolute Gasteiger partial charge is 0.274 e. The molecule has 31 heavy (non-hydrogen) atoms. The van der Waals surface area contributed by atoms with E-state index < -0.39 is 5.91 Å². The van der Waals surface area contributed by atoms with E-state index in [0.717, 1.165) is 24.8 Å². The van der Waals surface area contributed by atoms with E-state index in [0.29, 0.717) is 39.0 Å². The van der Waals surface area contributed by atoms with Gasteiger partial charge in [0.25, 0.3) is 5.91 Å². The van der Waals surface area contributed by atoms with Gasteiger partial charge in [-0.25, -0.2) is 5.01 Å². The summed E-state index contributed by atoms with van der Waals surface area (Å²) in [5.41, 5.74) is 1.72. The van der Waals surface area contributed by atoms with E-state index in [1.807, 2.05) is 19.1 Å². The lowest BCUT2D eigenvalue weighted by Gasteiger charge is -2.41. The monoisotopic (exact) mass is 479 g/mol. The maximum absolute atomic E-state index is 13.1. The molecule has 2 aromatic carbocycles. The first-order valence-corrected chi connectivity index (χ1v) is 11.3. The molecule has 0 unspecified atom stereocenters. The van der Waals surface area contributed by atoms with Crippen molar-refractivity contribution in [2.24, 2.45) is 11.0 Å². The molecule has 0 N–H and O–H groups in total. The molecule has 6 nitrogen and oxygen atoms in total. The van der Waals surface area contributed by atoms with Crippen LogP contribution in [0.15, 0.2) is 47.6 Å². The Balaban J connectivity index is 1.71. The zero-order chi connectivity index (χ0) is 22.1. The van der Waals surface area contributed by atoms with E-state index in [2.05, 4.69) is 5.10 Å². The lowest BCUT2D eigenvalue weighted by atomic mass is 9.91. The molecule has 1 saturated heterocycles. The Morgan fingerprint density at radius 3 is 2.32 bits per heavy atom. The minimum absolute atomic E-state index is 0.201. The average Bonchev–Trinajstić information content (AvgIpc) is 3.10. The molecule has 0 spiro atoms. The number of nitrogens with zero attached hydrogens (tertiary/aromatic N) is 4. The lowest BCUT2D eigenvalue weighted by molar-refractivity contribution is -0.136. The van der Waals surface area contributed by atoms with Crippen molar-refractivity contribution < 1.29 is 4.79 Å². The summed E-state index contributed by atoms with van der Waals surface area (Å²) in [6, 6.07) is 12.1. The van der Waals surface area contributed by atoms with Gasteiger partial charge in [0.15, 0.2) is 0 Å². The Morgan fingerprint density at radius 1 is 1.03 bits per heavy atom. The summed E-state index contributed by atoms with van der Waals surface area (Å²) >= 11 is 18.6. The molecule has 2 aromatic rings. The second-order valence-electron chi connectivity index (χ2n) is 7.80. The second-order valence-corrected chi connectivity index (χ2v) is 9.08. The molecule has 2 aliphatic rings. The molecular weight excluding hydrogens is 459 g/mol.